The molecule has 6 heteroatoms. The number of ether oxygens (including phenoxy) is 2. The smallest absolute Gasteiger partial charge is 0.230 e. The molecule has 30 heavy (non-hydrogen) atoms. The molecule has 2 aliphatic carbocycles. The Kier molecular flexibility index (Phi) is 5.27. The van der Waals surface area contributed by atoms with Crippen LogP contribution in [-0.2, 0) is 16.1 Å². The number of fused-ring (bicyclic) bond motifs is 3. The van der Waals surface area contributed by atoms with Gasteiger partial charge >= 0.3 is 0 Å². The van der Waals surface area contributed by atoms with E-state index in [1.54, 1.807) is 11.3 Å². The largest absolute Gasteiger partial charge is 0.486 e. The summed E-state index contributed by atoms with van der Waals surface area (Å²) in [4.78, 5) is 30.6. The third-order valence-electron chi connectivity index (χ3n) is 6.61. The van der Waals surface area contributed by atoms with Gasteiger partial charge in [-0.1, -0.05) is 6.42 Å². The highest BCUT2D eigenvalue weighted by molar-refractivity contribution is 7.11. The highest BCUT2D eigenvalue weighted by Crippen LogP contribution is 2.42. The summed E-state index contributed by atoms with van der Waals surface area (Å²) >= 11 is 1.72. The molecule has 0 saturated heterocycles. The zero-order valence-corrected chi connectivity index (χ0v) is 18.1. The minimum atomic E-state index is -0.0905. The van der Waals surface area contributed by atoms with Crippen LogP contribution in [0.5, 0.6) is 11.5 Å². The lowest BCUT2D eigenvalue weighted by Gasteiger charge is -2.39. The second-order valence-corrected chi connectivity index (χ2v) is 10.0. The van der Waals surface area contributed by atoms with E-state index in [9.17, 15) is 9.59 Å². The molecule has 5 rings (SSSR count). The molecule has 1 aromatic heterocycles. The number of amides is 1. The summed E-state index contributed by atoms with van der Waals surface area (Å²) in [6.07, 6.45) is 4.38. The summed E-state index contributed by atoms with van der Waals surface area (Å²) in [5.74, 6) is 1.98. The molecule has 2 heterocycles. The predicted molar refractivity (Wildman–Crippen MR) is 116 cm³/mol. The Morgan fingerprint density at radius 1 is 1.07 bits per heavy atom. The summed E-state index contributed by atoms with van der Waals surface area (Å²) in [5, 5.41) is 0. The minimum absolute atomic E-state index is 0.0672. The first kappa shape index (κ1) is 19.6. The molecule has 1 aromatic carbocycles. The van der Waals surface area contributed by atoms with Crippen LogP contribution in [0.1, 0.15) is 41.9 Å². The average molecular weight is 426 g/mol. The van der Waals surface area contributed by atoms with E-state index < -0.39 is 0 Å². The van der Waals surface area contributed by atoms with Crippen molar-refractivity contribution in [1.82, 2.24) is 0 Å². The Balaban J connectivity index is 1.45. The second kappa shape index (κ2) is 8.06. The maximum Gasteiger partial charge on any atom is 0.230 e. The Labute approximate surface area is 181 Å². The first-order valence-electron chi connectivity index (χ1n) is 10.9. The van der Waals surface area contributed by atoms with Crippen molar-refractivity contribution in [1.29, 1.82) is 0 Å². The van der Waals surface area contributed by atoms with Crippen molar-refractivity contribution in [3.05, 3.63) is 40.1 Å². The number of thiophene rings is 1. The van der Waals surface area contributed by atoms with Gasteiger partial charge in [0.25, 0.3) is 0 Å². The standard InChI is InChI=1S/C24H27NO4S/c1-15-5-7-20(30-15)14-25(19-6-8-21-22(13-19)29-10-9-28-21)24(27)18-11-16-3-2-4-17(12-18)23(16)26/h5-8,13,16-18H,2-4,9-12,14H2,1H3/t16-,17+,18?. The van der Waals surface area contributed by atoms with E-state index in [0.717, 1.165) is 35.6 Å². The van der Waals surface area contributed by atoms with Crippen LogP contribution in [0.3, 0.4) is 0 Å². The van der Waals surface area contributed by atoms with Crippen LogP contribution in [0.2, 0.25) is 0 Å². The fraction of sp³-hybridized carbons (Fsp3) is 0.500. The third-order valence-corrected chi connectivity index (χ3v) is 7.60. The Bertz CT molecular complexity index is 952. The molecule has 1 aliphatic heterocycles. The molecular weight excluding hydrogens is 398 g/mol. The Hall–Kier alpha value is -2.34. The lowest BCUT2D eigenvalue weighted by molar-refractivity contribution is -0.136. The van der Waals surface area contributed by atoms with Crippen molar-refractivity contribution in [3.8, 4) is 11.5 Å². The van der Waals surface area contributed by atoms with Crippen LogP contribution in [0.15, 0.2) is 30.3 Å². The SMILES string of the molecule is Cc1ccc(CN(C(=O)C2C[C@H]3CCC[C@@H](C2)C3=O)c2ccc3c(c2)OCCO3)s1. The minimum Gasteiger partial charge on any atom is -0.486 e. The molecule has 1 unspecified atom stereocenters. The van der Waals surface area contributed by atoms with Crippen LogP contribution in [-0.4, -0.2) is 24.9 Å². The third kappa shape index (κ3) is 3.73. The molecule has 3 aliphatic rings. The molecule has 0 N–H and O–H groups in total. The molecule has 2 saturated carbocycles. The number of anilines is 1. The summed E-state index contributed by atoms with van der Waals surface area (Å²) in [6, 6.07) is 9.94. The topological polar surface area (TPSA) is 55.8 Å². The summed E-state index contributed by atoms with van der Waals surface area (Å²) in [6.45, 7) is 3.68. The molecule has 158 valence electrons. The number of benzene rings is 1. The number of aryl methyl sites for hydroxylation is 1. The van der Waals surface area contributed by atoms with Gasteiger partial charge in [-0.25, -0.2) is 0 Å². The molecule has 0 radical (unpaired) electrons. The van der Waals surface area contributed by atoms with Gasteiger partial charge in [0, 0.05) is 39.3 Å². The lowest BCUT2D eigenvalue weighted by atomic mass is 9.67. The van der Waals surface area contributed by atoms with Crippen LogP contribution in [0.4, 0.5) is 5.69 Å². The number of carbonyl (C=O) groups excluding carboxylic acids is 2. The summed E-state index contributed by atoms with van der Waals surface area (Å²) in [5.41, 5.74) is 0.831. The number of Topliss-reactive ketones (excluding diaryl/α,β-unsaturated/α-hetero) is 1. The van der Waals surface area contributed by atoms with Gasteiger partial charge in [-0.2, -0.15) is 0 Å². The Morgan fingerprint density at radius 3 is 2.50 bits per heavy atom. The van der Waals surface area contributed by atoms with E-state index in [1.165, 1.54) is 4.88 Å². The molecular formula is C24H27NO4S. The van der Waals surface area contributed by atoms with Gasteiger partial charge in [0.05, 0.1) is 6.54 Å². The molecule has 2 bridgehead atoms. The zero-order valence-electron chi connectivity index (χ0n) is 17.3. The summed E-state index contributed by atoms with van der Waals surface area (Å²) in [7, 11) is 0. The number of nitrogens with zero attached hydrogens (tertiary/aromatic N) is 1. The molecule has 1 amide bonds. The zero-order chi connectivity index (χ0) is 20.7. The number of hydrogen-bond donors (Lipinski definition) is 0. The predicted octanol–water partition coefficient (Wildman–Crippen LogP) is 4.76. The van der Waals surface area contributed by atoms with Crippen molar-refractivity contribution in [2.75, 3.05) is 18.1 Å². The highest BCUT2D eigenvalue weighted by atomic mass is 32.1. The van der Waals surface area contributed by atoms with Crippen LogP contribution in [0.25, 0.3) is 0 Å². The van der Waals surface area contributed by atoms with Gasteiger partial charge in [0.15, 0.2) is 11.5 Å². The van der Waals surface area contributed by atoms with Crippen LogP contribution < -0.4 is 14.4 Å². The maximum absolute atomic E-state index is 13.8. The highest BCUT2D eigenvalue weighted by Gasteiger charge is 2.42. The van der Waals surface area contributed by atoms with Crippen molar-refractivity contribution < 1.29 is 19.1 Å². The van der Waals surface area contributed by atoms with Crippen molar-refractivity contribution in [3.63, 3.8) is 0 Å². The van der Waals surface area contributed by atoms with Crippen molar-refractivity contribution in [2.24, 2.45) is 17.8 Å². The van der Waals surface area contributed by atoms with Gasteiger partial charge in [-0.3, -0.25) is 9.59 Å². The van der Waals surface area contributed by atoms with E-state index in [-0.39, 0.29) is 23.7 Å². The Morgan fingerprint density at radius 2 is 1.80 bits per heavy atom. The fourth-order valence-corrected chi connectivity index (χ4v) is 6.00. The van der Waals surface area contributed by atoms with Crippen molar-refractivity contribution >= 4 is 28.7 Å². The molecule has 0 spiro atoms. The second-order valence-electron chi connectivity index (χ2n) is 8.66. The molecule has 2 fully saturated rings. The summed E-state index contributed by atoms with van der Waals surface area (Å²) < 4.78 is 11.4. The molecule has 5 nitrogen and oxygen atoms in total. The van der Waals surface area contributed by atoms with E-state index in [4.69, 9.17) is 9.47 Å². The number of carbonyl (C=O) groups is 2. The monoisotopic (exact) mass is 425 g/mol. The quantitative estimate of drug-likeness (QED) is 0.709. The average Bonchev–Trinajstić information content (AvgIpc) is 3.16. The molecule has 3 atom stereocenters. The fourth-order valence-electron chi connectivity index (χ4n) is 5.12. The van der Waals surface area contributed by atoms with Gasteiger partial charge < -0.3 is 14.4 Å². The van der Waals surface area contributed by atoms with E-state index >= 15 is 0 Å². The van der Waals surface area contributed by atoms with Crippen LogP contribution >= 0.6 is 11.3 Å². The van der Waals surface area contributed by atoms with E-state index in [2.05, 4.69) is 19.1 Å². The van der Waals surface area contributed by atoms with Gasteiger partial charge in [0.1, 0.15) is 19.0 Å². The first-order valence-corrected chi connectivity index (χ1v) is 11.7. The number of hydrogen-bond acceptors (Lipinski definition) is 5. The first-order chi connectivity index (χ1) is 14.6. The number of ketones is 1. The van der Waals surface area contributed by atoms with E-state index in [0.29, 0.717) is 44.1 Å². The van der Waals surface area contributed by atoms with Gasteiger partial charge in [0.2, 0.25) is 5.91 Å². The lowest BCUT2D eigenvalue weighted by Crippen LogP contribution is -2.44. The van der Waals surface area contributed by atoms with E-state index in [1.807, 2.05) is 23.1 Å². The van der Waals surface area contributed by atoms with Gasteiger partial charge in [-0.05, 0) is 56.9 Å². The van der Waals surface area contributed by atoms with Crippen LogP contribution in [0, 0.1) is 24.7 Å². The number of rotatable bonds is 4. The molecule has 2 aromatic rings. The van der Waals surface area contributed by atoms with Gasteiger partial charge in [-0.15, -0.1) is 11.3 Å². The maximum atomic E-state index is 13.8. The normalized spacial score (nSPS) is 25.1. The van der Waals surface area contributed by atoms with Crippen molar-refractivity contribution in [2.45, 2.75) is 45.6 Å².